The minimum absolute atomic E-state index is 0.442. The first-order valence-electron chi connectivity index (χ1n) is 7.73. The van der Waals surface area contributed by atoms with Crippen LogP contribution in [0.15, 0.2) is 0 Å². The lowest BCUT2D eigenvalue weighted by molar-refractivity contribution is -0.00999. The Morgan fingerprint density at radius 2 is 2.11 bits per heavy atom. The van der Waals surface area contributed by atoms with Gasteiger partial charge in [0, 0.05) is 26.2 Å². The number of piperidine rings is 1. The Labute approximate surface area is 112 Å². The SMILES string of the molecule is CCNC1CCCC1CN1CCC(C)C(OC)C1. The second-order valence-corrected chi connectivity index (χ2v) is 6.15. The molecule has 1 saturated heterocycles. The van der Waals surface area contributed by atoms with E-state index in [4.69, 9.17) is 4.74 Å². The van der Waals surface area contributed by atoms with Gasteiger partial charge in [0.15, 0.2) is 0 Å². The molecule has 0 aromatic carbocycles. The van der Waals surface area contributed by atoms with Crippen molar-refractivity contribution in [2.75, 3.05) is 33.3 Å². The van der Waals surface area contributed by atoms with Crippen molar-refractivity contribution in [2.24, 2.45) is 11.8 Å². The third kappa shape index (κ3) is 3.46. The van der Waals surface area contributed by atoms with E-state index in [0.29, 0.717) is 6.10 Å². The average Bonchev–Trinajstić information content (AvgIpc) is 2.80. The van der Waals surface area contributed by atoms with E-state index < -0.39 is 0 Å². The van der Waals surface area contributed by atoms with Gasteiger partial charge in [0.25, 0.3) is 0 Å². The van der Waals surface area contributed by atoms with E-state index >= 15 is 0 Å². The molecule has 18 heavy (non-hydrogen) atoms. The van der Waals surface area contributed by atoms with E-state index in [1.54, 1.807) is 0 Å². The Balaban J connectivity index is 1.82. The lowest BCUT2D eigenvalue weighted by Gasteiger charge is -2.38. The van der Waals surface area contributed by atoms with Crippen molar-refractivity contribution in [3.8, 4) is 0 Å². The quantitative estimate of drug-likeness (QED) is 0.813. The van der Waals surface area contributed by atoms with Crippen LogP contribution in [0.25, 0.3) is 0 Å². The summed E-state index contributed by atoms with van der Waals surface area (Å²) >= 11 is 0. The van der Waals surface area contributed by atoms with Crippen LogP contribution in [0.2, 0.25) is 0 Å². The second-order valence-electron chi connectivity index (χ2n) is 6.15. The van der Waals surface area contributed by atoms with Crippen LogP contribution in [0.3, 0.4) is 0 Å². The fraction of sp³-hybridized carbons (Fsp3) is 1.00. The predicted molar refractivity (Wildman–Crippen MR) is 75.8 cm³/mol. The van der Waals surface area contributed by atoms with Crippen molar-refractivity contribution in [1.82, 2.24) is 10.2 Å². The van der Waals surface area contributed by atoms with E-state index in [0.717, 1.165) is 31.0 Å². The monoisotopic (exact) mass is 254 g/mol. The van der Waals surface area contributed by atoms with Crippen LogP contribution in [0.1, 0.15) is 39.5 Å². The maximum atomic E-state index is 5.62. The maximum absolute atomic E-state index is 5.62. The summed E-state index contributed by atoms with van der Waals surface area (Å²) in [4.78, 5) is 2.63. The van der Waals surface area contributed by atoms with Crippen LogP contribution in [-0.2, 0) is 4.74 Å². The summed E-state index contributed by atoms with van der Waals surface area (Å²) in [6, 6.07) is 0.760. The number of ether oxygens (including phenoxy) is 1. The molecule has 0 spiro atoms. The first-order chi connectivity index (χ1) is 8.74. The van der Waals surface area contributed by atoms with Crippen LogP contribution in [-0.4, -0.2) is 50.3 Å². The van der Waals surface area contributed by atoms with Gasteiger partial charge < -0.3 is 15.0 Å². The maximum Gasteiger partial charge on any atom is 0.0724 e. The molecule has 2 aliphatic rings. The van der Waals surface area contributed by atoms with Gasteiger partial charge in [-0.25, -0.2) is 0 Å². The highest BCUT2D eigenvalue weighted by Gasteiger charge is 2.31. The van der Waals surface area contributed by atoms with Gasteiger partial charge in [-0.2, -0.15) is 0 Å². The largest absolute Gasteiger partial charge is 0.380 e. The third-order valence-electron chi connectivity index (χ3n) is 4.89. The van der Waals surface area contributed by atoms with E-state index in [1.165, 1.54) is 38.8 Å². The molecule has 1 heterocycles. The van der Waals surface area contributed by atoms with Crippen LogP contribution in [0.5, 0.6) is 0 Å². The van der Waals surface area contributed by atoms with Gasteiger partial charge in [-0.1, -0.05) is 20.3 Å². The normalized spacial score (nSPS) is 38.2. The van der Waals surface area contributed by atoms with Gasteiger partial charge in [0.05, 0.1) is 6.10 Å². The Morgan fingerprint density at radius 1 is 1.28 bits per heavy atom. The Morgan fingerprint density at radius 3 is 2.83 bits per heavy atom. The van der Waals surface area contributed by atoms with Crippen molar-refractivity contribution < 1.29 is 4.74 Å². The molecular weight excluding hydrogens is 224 g/mol. The third-order valence-corrected chi connectivity index (χ3v) is 4.89. The Hall–Kier alpha value is -0.120. The van der Waals surface area contributed by atoms with E-state index in [2.05, 4.69) is 24.1 Å². The van der Waals surface area contributed by atoms with Gasteiger partial charge in [0.1, 0.15) is 0 Å². The van der Waals surface area contributed by atoms with Crippen LogP contribution in [0.4, 0.5) is 0 Å². The van der Waals surface area contributed by atoms with Crippen LogP contribution < -0.4 is 5.32 Å². The van der Waals surface area contributed by atoms with Crippen molar-refractivity contribution in [2.45, 2.75) is 51.7 Å². The fourth-order valence-corrected chi connectivity index (χ4v) is 3.69. The summed E-state index contributed by atoms with van der Waals surface area (Å²) in [5.74, 6) is 1.58. The molecule has 0 bridgehead atoms. The number of nitrogens with one attached hydrogen (secondary N) is 1. The van der Waals surface area contributed by atoms with Gasteiger partial charge in [-0.3, -0.25) is 0 Å². The van der Waals surface area contributed by atoms with Crippen LogP contribution >= 0.6 is 0 Å². The van der Waals surface area contributed by atoms with Crippen molar-refractivity contribution in [1.29, 1.82) is 0 Å². The summed E-state index contributed by atoms with van der Waals surface area (Å²) in [5.41, 5.74) is 0. The zero-order valence-electron chi connectivity index (χ0n) is 12.3. The number of likely N-dealkylation sites (tertiary alicyclic amines) is 1. The molecule has 4 unspecified atom stereocenters. The number of methoxy groups -OCH3 is 1. The van der Waals surface area contributed by atoms with Gasteiger partial charge >= 0.3 is 0 Å². The Kier molecular flexibility index (Phi) is 5.46. The van der Waals surface area contributed by atoms with E-state index in [-0.39, 0.29) is 0 Å². The van der Waals surface area contributed by atoms with Crippen LogP contribution in [0, 0.1) is 11.8 Å². The van der Waals surface area contributed by atoms with Gasteiger partial charge in [0.2, 0.25) is 0 Å². The second kappa shape index (κ2) is 6.88. The molecular formula is C15H30N2O. The lowest BCUT2D eigenvalue weighted by atomic mass is 9.94. The molecule has 1 N–H and O–H groups in total. The molecule has 1 aliphatic heterocycles. The predicted octanol–water partition coefficient (Wildman–Crippen LogP) is 2.12. The summed E-state index contributed by atoms with van der Waals surface area (Å²) in [6.45, 7) is 9.31. The molecule has 0 amide bonds. The molecule has 4 atom stereocenters. The van der Waals surface area contributed by atoms with Crippen molar-refractivity contribution in [3.63, 3.8) is 0 Å². The average molecular weight is 254 g/mol. The van der Waals surface area contributed by atoms with Gasteiger partial charge in [-0.15, -0.1) is 0 Å². The lowest BCUT2D eigenvalue weighted by Crippen LogP contribution is -2.47. The molecule has 2 rings (SSSR count). The molecule has 2 fully saturated rings. The van der Waals surface area contributed by atoms with Crippen molar-refractivity contribution in [3.05, 3.63) is 0 Å². The molecule has 0 aromatic heterocycles. The fourth-order valence-electron chi connectivity index (χ4n) is 3.69. The summed E-state index contributed by atoms with van der Waals surface area (Å²) < 4.78 is 5.62. The first-order valence-corrected chi connectivity index (χ1v) is 7.73. The summed E-state index contributed by atoms with van der Waals surface area (Å²) in [5, 5.41) is 3.66. The highest BCUT2D eigenvalue weighted by atomic mass is 16.5. The van der Waals surface area contributed by atoms with E-state index in [1.807, 2.05) is 7.11 Å². The zero-order valence-corrected chi connectivity index (χ0v) is 12.3. The molecule has 1 aliphatic carbocycles. The minimum atomic E-state index is 0.442. The number of nitrogens with zero attached hydrogens (tertiary/aromatic N) is 1. The van der Waals surface area contributed by atoms with E-state index in [9.17, 15) is 0 Å². The Bertz CT molecular complexity index is 247. The molecule has 0 radical (unpaired) electrons. The molecule has 3 heteroatoms. The standard InChI is InChI=1S/C15H30N2O/c1-4-16-14-7-5-6-13(14)10-17-9-8-12(2)15(11-17)18-3/h12-16H,4-11H2,1-3H3. The summed E-state index contributed by atoms with van der Waals surface area (Å²) in [7, 11) is 1.86. The minimum Gasteiger partial charge on any atom is -0.380 e. The van der Waals surface area contributed by atoms with Gasteiger partial charge in [-0.05, 0) is 44.2 Å². The summed E-state index contributed by atoms with van der Waals surface area (Å²) in [6.07, 6.45) is 5.91. The smallest absolute Gasteiger partial charge is 0.0724 e. The topological polar surface area (TPSA) is 24.5 Å². The van der Waals surface area contributed by atoms with Crippen molar-refractivity contribution >= 4 is 0 Å². The molecule has 1 saturated carbocycles. The zero-order chi connectivity index (χ0) is 13.0. The number of hydrogen-bond donors (Lipinski definition) is 1. The number of rotatable bonds is 5. The number of hydrogen-bond acceptors (Lipinski definition) is 3. The molecule has 3 nitrogen and oxygen atoms in total. The molecule has 0 aromatic rings. The highest BCUT2D eigenvalue weighted by molar-refractivity contribution is 4.87. The molecule has 106 valence electrons. The highest BCUT2D eigenvalue weighted by Crippen LogP contribution is 2.28. The first kappa shape index (κ1) is 14.3.